The second-order valence-corrected chi connectivity index (χ2v) is 5.00. The smallest absolute Gasteiger partial charge is 0.328 e. The first-order valence-electron chi connectivity index (χ1n) is 6.01. The SMILES string of the molecule is COC(=O)[C@H](Cc1[nH]cnc1-c1ccsc1)NC(C)=O. The maximum absolute atomic E-state index is 11.7. The number of nitrogens with zero attached hydrogens (tertiary/aromatic N) is 1. The Morgan fingerprint density at radius 3 is 2.95 bits per heavy atom. The van der Waals surface area contributed by atoms with Crippen molar-refractivity contribution in [2.24, 2.45) is 0 Å². The van der Waals surface area contributed by atoms with Crippen LogP contribution >= 0.6 is 11.3 Å². The molecule has 0 aliphatic rings. The van der Waals surface area contributed by atoms with Crippen LogP contribution in [0.5, 0.6) is 0 Å². The van der Waals surface area contributed by atoms with E-state index in [9.17, 15) is 9.59 Å². The minimum Gasteiger partial charge on any atom is -0.467 e. The molecule has 2 aromatic rings. The molecule has 0 saturated heterocycles. The van der Waals surface area contributed by atoms with Gasteiger partial charge in [0.1, 0.15) is 6.04 Å². The van der Waals surface area contributed by atoms with Crippen LogP contribution in [0.15, 0.2) is 23.2 Å². The molecule has 0 radical (unpaired) electrons. The van der Waals surface area contributed by atoms with Crippen molar-refractivity contribution in [2.75, 3.05) is 7.11 Å². The summed E-state index contributed by atoms with van der Waals surface area (Å²) in [5.41, 5.74) is 2.55. The Hall–Kier alpha value is -2.15. The Morgan fingerprint density at radius 1 is 1.55 bits per heavy atom. The molecule has 1 amide bonds. The number of aromatic amines is 1. The van der Waals surface area contributed by atoms with Crippen LogP contribution in [0.3, 0.4) is 0 Å². The number of amides is 1. The van der Waals surface area contributed by atoms with Crippen molar-refractivity contribution in [1.82, 2.24) is 15.3 Å². The molecular weight excluding hydrogens is 278 g/mol. The van der Waals surface area contributed by atoms with Crippen LogP contribution in [0.1, 0.15) is 12.6 Å². The Labute approximate surface area is 120 Å². The van der Waals surface area contributed by atoms with Crippen LogP contribution in [-0.2, 0) is 20.7 Å². The maximum Gasteiger partial charge on any atom is 0.328 e. The first kappa shape index (κ1) is 14.3. The number of esters is 1. The van der Waals surface area contributed by atoms with E-state index >= 15 is 0 Å². The summed E-state index contributed by atoms with van der Waals surface area (Å²) in [4.78, 5) is 30.1. The Kier molecular flexibility index (Phi) is 4.52. The highest BCUT2D eigenvalue weighted by atomic mass is 32.1. The third kappa shape index (κ3) is 3.24. The van der Waals surface area contributed by atoms with Gasteiger partial charge in [-0.3, -0.25) is 4.79 Å². The molecule has 2 heterocycles. The Morgan fingerprint density at radius 2 is 2.35 bits per heavy atom. The highest BCUT2D eigenvalue weighted by Gasteiger charge is 2.23. The van der Waals surface area contributed by atoms with E-state index in [1.165, 1.54) is 14.0 Å². The molecule has 0 aliphatic heterocycles. The van der Waals surface area contributed by atoms with Gasteiger partial charge < -0.3 is 15.0 Å². The van der Waals surface area contributed by atoms with Gasteiger partial charge in [-0.15, -0.1) is 0 Å². The van der Waals surface area contributed by atoms with Crippen LogP contribution < -0.4 is 5.32 Å². The molecular formula is C13H15N3O3S. The van der Waals surface area contributed by atoms with Crippen molar-refractivity contribution in [3.63, 3.8) is 0 Å². The van der Waals surface area contributed by atoms with Crippen molar-refractivity contribution in [3.05, 3.63) is 28.8 Å². The number of imidazole rings is 1. The third-order valence-electron chi connectivity index (χ3n) is 2.78. The number of nitrogens with one attached hydrogen (secondary N) is 2. The summed E-state index contributed by atoms with van der Waals surface area (Å²) in [6.45, 7) is 1.36. The van der Waals surface area contributed by atoms with Gasteiger partial charge in [-0.2, -0.15) is 11.3 Å². The normalized spacial score (nSPS) is 11.9. The lowest BCUT2D eigenvalue weighted by Crippen LogP contribution is -2.42. The Bertz CT molecular complexity index is 592. The molecule has 0 spiro atoms. The number of aromatic nitrogens is 2. The van der Waals surface area contributed by atoms with Gasteiger partial charge in [-0.25, -0.2) is 9.78 Å². The number of hydrogen-bond acceptors (Lipinski definition) is 5. The van der Waals surface area contributed by atoms with Crippen molar-refractivity contribution < 1.29 is 14.3 Å². The molecule has 2 N–H and O–H groups in total. The number of thiophene rings is 1. The Balaban J connectivity index is 2.21. The van der Waals surface area contributed by atoms with Crippen LogP contribution in [-0.4, -0.2) is 35.0 Å². The van der Waals surface area contributed by atoms with Gasteiger partial charge in [-0.1, -0.05) is 0 Å². The molecule has 0 saturated carbocycles. The minimum absolute atomic E-state index is 0.281. The maximum atomic E-state index is 11.7. The summed E-state index contributed by atoms with van der Waals surface area (Å²) >= 11 is 1.57. The summed E-state index contributed by atoms with van der Waals surface area (Å²) in [6, 6.07) is 1.23. The summed E-state index contributed by atoms with van der Waals surface area (Å²) in [5, 5.41) is 6.52. The molecule has 2 rings (SSSR count). The first-order chi connectivity index (χ1) is 9.61. The third-order valence-corrected chi connectivity index (χ3v) is 3.47. The summed E-state index contributed by atoms with van der Waals surface area (Å²) in [7, 11) is 1.30. The predicted octanol–water partition coefficient (Wildman–Crippen LogP) is 1.36. The zero-order chi connectivity index (χ0) is 14.5. The van der Waals surface area contributed by atoms with Crippen LogP contribution in [0.25, 0.3) is 11.3 Å². The first-order valence-corrected chi connectivity index (χ1v) is 6.96. The standard InChI is InChI=1S/C13H15N3O3S/c1-8(17)16-11(13(18)19-2)5-10-12(15-7-14-10)9-3-4-20-6-9/h3-4,6-7,11H,5H2,1-2H3,(H,14,15)(H,16,17)/t11-/m0/s1. The monoisotopic (exact) mass is 293 g/mol. The molecule has 0 bridgehead atoms. The molecule has 0 fully saturated rings. The summed E-state index contributed by atoms with van der Waals surface area (Å²) in [5.74, 6) is -0.761. The predicted molar refractivity (Wildman–Crippen MR) is 75.2 cm³/mol. The number of carbonyl (C=O) groups excluding carboxylic acids is 2. The molecule has 2 aromatic heterocycles. The highest BCUT2D eigenvalue weighted by Crippen LogP contribution is 2.23. The largest absolute Gasteiger partial charge is 0.467 e. The van der Waals surface area contributed by atoms with Crippen molar-refractivity contribution >= 4 is 23.2 Å². The fraction of sp³-hybridized carbons (Fsp3) is 0.308. The van der Waals surface area contributed by atoms with Crippen LogP contribution in [0.2, 0.25) is 0 Å². The molecule has 7 heteroatoms. The van der Waals surface area contributed by atoms with E-state index in [2.05, 4.69) is 15.3 Å². The van der Waals surface area contributed by atoms with Gasteiger partial charge in [-0.05, 0) is 11.4 Å². The zero-order valence-corrected chi connectivity index (χ0v) is 12.0. The number of H-pyrrole nitrogens is 1. The van der Waals surface area contributed by atoms with Gasteiger partial charge in [0.2, 0.25) is 5.91 Å². The second kappa shape index (κ2) is 6.33. The number of carbonyl (C=O) groups is 2. The van der Waals surface area contributed by atoms with E-state index in [-0.39, 0.29) is 5.91 Å². The van der Waals surface area contributed by atoms with Gasteiger partial charge >= 0.3 is 5.97 Å². The molecule has 0 aromatic carbocycles. The number of methoxy groups -OCH3 is 1. The summed E-state index contributed by atoms with van der Waals surface area (Å²) < 4.78 is 4.71. The van der Waals surface area contributed by atoms with E-state index < -0.39 is 12.0 Å². The van der Waals surface area contributed by atoms with E-state index in [0.29, 0.717) is 6.42 Å². The van der Waals surface area contributed by atoms with E-state index in [1.807, 2.05) is 16.8 Å². The fourth-order valence-corrected chi connectivity index (χ4v) is 2.55. The van der Waals surface area contributed by atoms with Gasteiger partial charge in [0.15, 0.2) is 0 Å². The van der Waals surface area contributed by atoms with Gasteiger partial charge in [0.25, 0.3) is 0 Å². The molecule has 20 heavy (non-hydrogen) atoms. The van der Waals surface area contributed by atoms with Crippen molar-refractivity contribution in [2.45, 2.75) is 19.4 Å². The second-order valence-electron chi connectivity index (χ2n) is 4.22. The average molecular weight is 293 g/mol. The average Bonchev–Trinajstić information content (AvgIpc) is 3.06. The molecule has 0 unspecified atom stereocenters. The fourth-order valence-electron chi connectivity index (χ4n) is 1.91. The lowest BCUT2D eigenvalue weighted by atomic mass is 10.1. The quantitative estimate of drug-likeness (QED) is 0.815. The topological polar surface area (TPSA) is 84.1 Å². The summed E-state index contributed by atoms with van der Waals surface area (Å²) in [6.07, 6.45) is 1.88. The number of ether oxygens (including phenoxy) is 1. The molecule has 6 nitrogen and oxygen atoms in total. The lowest BCUT2D eigenvalue weighted by Gasteiger charge is -2.15. The number of hydrogen-bond donors (Lipinski definition) is 2. The lowest BCUT2D eigenvalue weighted by molar-refractivity contribution is -0.144. The van der Waals surface area contributed by atoms with E-state index in [1.54, 1.807) is 17.7 Å². The highest BCUT2D eigenvalue weighted by molar-refractivity contribution is 7.08. The van der Waals surface area contributed by atoms with E-state index in [4.69, 9.17) is 4.74 Å². The molecule has 1 atom stereocenters. The van der Waals surface area contributed by atoms with Gasteiger partial charge in [0, 0.05) is 30.0 Å². The minimum atomic E-state index is -0.727. The molecule has 106 valence electrons. The van der Waals surface area contributed by atoms with Crippen LogP contribution in [0.4, 0.5) is 0 Å². The van der Waals surface area contributed by atoms with Crippen LogP contribution in [0, 0.1) is 0 Å². The van der Waals surface area contributed by atoms with Crippen molar-refractivity contribution in [3.8, 4) is 11.3 Å². The van der Waals surface area contributed by atoms with Gasteiger partial charge in [0.05, 0.1) is 19.1 Å². The zero-order valence-electron chi connectivity index (χ0n) is 11.2. The van der Waals surface area contributed by atoms with Crippen molar-refractivity contribution in [1.29, 1.82) is 0 Å². The number of rotatable bonds is 5. The van der Waals surface area contributed by atoms with E-state index in [0.717, 1.165) is 17.0 Å². The molecule has 0 aliphatic carbocycles.